The van der Waals surface area contributed by atoms with Crippen molar-refractivity contribution >= 4 is 0 Å². The number of hydrogen-bond acceptors (Lipinski definition) is 4. The molecule has 2 fully saturated rings. The van der Waals surface area contributed by atoms with Crippen molar-refractivity contribution in [1.82, 2.24) is 10.2 Å². The Bertz CT molecular complexity index is 330. The van der Waals surface area contributed by atoms with E-state index >= 15 is 0 Å². The van der Waals surface area contributed by atoms with E-state index in [9.17, 15) is 0 Å². The molecule has 118 valence electrons. The van der Waals surface area contributed by atoms with E-state index < -0.39 is 0 Å². The fourth-order valence-corrected chi connectivity index (χ4v) is 4.31. The molecule has 0 aliphatic carbocycles. The predicted octanol–water partition coefficient (Wildman–Crippen LogP) is 1.75. The van der Waals surface area contributed by atoms with Gasteiger partial charge in [-0.15, -0.1) is 0 Å². The van der Waals surface area contributed by atoms with Crippen LogP contribution in [0.25, 0.3) is 0 Å². The second-order valence-corrected chi connectivity index (χ2v) is 7.55. The highest BCUT2D eigenvalue weighted by Crippen LogP contribution is 2.42. The predicted molar refractivity (Wildman–Crippen MR) is 82.0 cm³/mol. The van der Waals surface area contributed by atoms with Gasteiger partial charge in [0, 0.05) is 32.2 Å². The molecule has 0 spiro atoms. The van der Waals surface area contributed by atoms with Gasteiger partial charge in [0.1, 0.15) is 0 Å². The molecule has 0 aromatic rings. The molecule has 3 unspecified atom stereocenters. The van der Waals surface area contributed by atoms with E-state index in [0.717, 1.165) is 19.7 Å². The van der Waals surface area contributed by atoms with Crippen LogP contribution in [0, 0.1) is 11.8 Å². The van der Waals surface area contributed by atoms with E-state index in [1.54, 1.807) is 7.11 Å². The highest BCUT2D eigenvalue weighted by molar-refractivity contribution is 5.06. The quantitative estimate of drug-likeness (QED) is 0.834. The van der Waals surface area contributed by atoms with Crippen molar-refractivity contribution in [3.05, 3.63) is 0 Å². The summed E-state index contributed by atoms with van der Waals surface area (Å²) in [6.07, 6.45) is 1.26. The summed E-state index contributed by atoms with van der Waals surface area (Å²) in [4.78, 5) is 2.59. The van der Waals surface area contributed by atoms with Crippen LogP contribution in [-0.2, 0) is 9.47 Å². The first-order chi connectivity index (χ1) is 9.30. The number of ether oxygens (including phenoxy) is 2. The Morgan fingerprint density at radius 1 is 1.25 bits per heavy atom. The number of nitrogens with zero attached hydrogens (tertiary/aromatic N) is 1. The minimum Gasteiger partial charge on any atom is -0.384 e. The third-order valence-corrected chi connectivity index (χ3v) is 5.11. The molecule has 0 saturated carbocycles. The van der Waals surface area contributed by atoms with Crippen LogP contribution >= 0.6 is 0 Å². The molecule has 3 atom stereocenters. The summed E-state index contributed by atoms with van der Waals surface area (Å²) in [6, 6.07) is 0.402. The van der Waals surface area contributed by atoms with Crippen LogP contribution in [0.1, 0.15) is 34.1 Å². The third kappa shape index (κ3) is 3.19. The van der Waals surface area contributed by atoms with E-state index in [0.29, 0.717) is 17.9 Å². The summed E-state index contributed by atoms with van der Waals surface area (Å²) >= 11 is 0. The number of methoxy groups -OCH3 is 1. The molecule has 0 aromatic heterocycles. The molecule has 0 amide bonds. The van der Waals surface area contributed by atoms with Crippen molar-refractivity contribution in [3.63, 3.8) is 0 Å². The number of rotatable bonds is 5. The molecule has 0 bridgehead atoms. The summed E-state index contributed by atoms with van der Waals surface area (Å²) in [5, 5.41) is 3.49. The van der Waals surface area contributed by atoms with Gasteiger partial charge >= 0.3 is 0 Å². The number of nitrogens with one attached hydrogen (secondary N) is 1. The van der Waals surface area contributed by atoms with Crippen LogP contribution < -0.4 is 5.32 Å². The maximum Gasteiger partial charge on any atom is 0.0790 e. The molecule has 0 aromatic carbocycles. The van der Waals surface area contributed by atoms with Gasteiger partial charge in [-0.3, -0.25) is 0 Å². The standard InChI is InChI=1S/C16H32N2O2/c1-15(2)13(14(17-5)16(3,4)20-15)10-18-8-7-12(9-18)11-19-6/h12-14,17H,7-11H2,1-6H3. The molecule has 2 saturated heterocycles. The zero-order valence-corrected chi connectivity index (χ0v) is 14.0. The molecular weight excluding hydrogens is 252 g/mol. The van der Waals surface area contributed by atoms with Crippen molar-refractivity contribution in [2.75, 3.05) is 40.4 Å². The lowest BCUT2D eigenvalue weighted by Gasteiger charge is -2.32. The van der Waals surface area contributed by atoms with Gasteiger partial charge in [-0.05, 0) is 53.6 Å². The Hall–Kier alpha value is -0.160. The molecule has 2 aliphatic rings. The smallest absolute Gasteiger partial charge is 0.0790 e. The maximum atomic E-state index is 6.32. The Balaban J connectivity index is 2.00. The Kier molecular flexibility index (Phi) is 4.80. The lowest BCUT2D eigenvalue weighted by Crippen LogP contribution is -2.49. The van der Waals surface area contributed by atoms with E-state index in [-0.39, 0.29) is 11.2 Å². The normalized spacial score (nSPS) is 36.6. The zero-order valence-electron chi connectivity index (χ0n) is 14.0. The largest absolute Gasteiger partial charge is 0.384 e. The van der Waals surface area contributed by atoms with Crippen molar-refractivity contribution in [3.8, 4) is 0 Å². The van der Waals surface area contributed by atoms with Crippen LogP contribution in [0.4, 0.5) is 0 Å². The van der Waals surface area contributed by atoms with Crippen LogP contribution in [0.5, 0.6) is 0 Å². The summed E-state index contributed by atoms with van der Waals surface area (Å²) in [6.45, 7) is 13.2. The minimum absolute atomic E-state index is 0.0729. The molecule has 1 N–H and O–H groups in total. The van der Waals surface area contributed by atoms with E-state index in [1.807, 2.05) is 0 Å². The van der Waals surface area contributed by atoms with Crippen molar-refractivity contribution < 1.29 is 9.47 Å². The van der Waals surface area contributed by atoms with E-state index in [2.05, 4.69) is 45.0 Å². The highest BCUT2D eigenvalue weighted by Gasteiger charge is 2.53. The molecule has 4 nitrogen and oxygen atoms in total. The lowest BCUT2D eigenvalue weighted by atomic mass is 9.82. The monoisotopic (exact) mass is 284 g/mol. The zero-order chi connectivity index (χ0) is 15.0. The SMILES string of the molecule is CNC1C(CN2CCC(COC)C2)C(C)(C)OC1(C)C. The van der Waals surface area contributed by atoms with Gasteiger partial charge in [-0.1, -0.05) is 0 Å². The molecule has 2 rings (SSSR count). The molecular formula is C16H32N2O2. The minimum atomic E-state index is -0.103. The van der Waals surface area contributed by atoms with Gasteiger partial charge in [0.2, 0.25) is 0 Å². The lowest BCUT2D eigenvalue weighted by molar-refractivity contribution is -0.0791. The fraction of sp³-hybridized carbons (Fsp3) is 1.00. The van der Waals surface area contributed by atoms with Crippen LogP contribution in [0.2, 0.25) is 0 Å². The Labute approximate surface area is 124 Å². The van der Waals surface area contributed by atoms with Crippen LogP contribution in [0.15, 0.2) is 0 Å². The van der Waals surface area contributed by atoms with Gasteiger partial charge in [0.25, 0.3) is 0 Å². The average Bonchev–Trinajstić information content (AvgIpc) is 2.81. The Morgan fingerprint density at radius 3 is 2.55 bits per heavy atom. The average molecular weight is 284 g/mol. The Morgan fingerprint density at radius 2 is 1.95 bits per heavy atom. The topological polar surface area (TPSA) is 33.7 Å². The second kappa shape index (κ2) is 5.91. The van der Waals surface area contributed by atoms with Gasteiger partial charge in [-0.25, -0.2) is 0 Å². The second-order valence-electron chi connectivity index (χ2n) is 7.55. The third-order valence-electron chi connectivity index (χ3n) is 5.11. The molecule has 20 heavy (non-hydrogen) atoms. The highest BCUT2D eigenvalue weighted by atomic mass is 16.5. The van der Waals surface area contributed by atoms with Crippen LogP contribution in [0.3, 0.4) is 0 Å². The maximum absolute atomic E-state index is 6.32. The molecule has 4 heteroatoms. The summed E-state index contributed by atoms with van der Waals surface area (Å²) in [7, 11) is 3.86. The molecule has 0 radical (unpaired) electrons. The van der Waals surface area contributed by atoms with Crippen molar-refractivity contribution in [2.45, 2.75) is 51.4 Å². The van der Waals surface area contributed by atoms with Crippen LogP contribution in [-0.4, -0.2) is 62.5 Å². The number of likely N-dealkylation sites (tertiary alicyclic amines) is 1. The van der Waals surface area contributed by atoms with E-state index in [4.69, 9.17) is 9.47 Å². The summed E-state index contributed by atoms with van der Waals surface area (Å²) in [5.74, 6) is 1.22. The van der Waals surface area contributed by atoms with Gasteiger partial charge in [0.05, 0.1) is 17.8 Å². The first-order valence-corrected chi connectivity index (χ1v) is 7.89. The summed E-state index contributed by atoms with van der Waals surface area (Å²) < 4.78 is 11.6. The number of likely N-dealkylation sites (N-methyl/N-ethyl adjacent to an activating group) is 1. The number of hydrogen-bond donors (Lipinski definition) is 1. The molecule has 2 aliphatic heterocycles. The van der Waals surface area contributed by atoms with Crippen molar-refractivity contribution in [2.24, 2.45) is 11.8 Å². The summed E-state index contributed by atoms with van der Waals surface area (Å²) in [5.41, 5.74) is -0.176. The molecule has 2 heterocycles. The first-order valence-electron chi connectivity index (χ1n) is 7.89. The first kappa shape index (κ1) is 16.2. The van der Waals surface area contributed by atoms with Crippen molar-refractivity contribution in [1.29, 1.82) is 0 Å². The van der Waals surface area contributed by atoms with Gasteiger partial charge < -0.3 is 19.7 Å². The van der Waals surface area contributed by atoms with Gasteiger partial charge in [0.15, 0.2) is 0 Å². The van der Waals surface area contributed by atoms with E-state index in [1.165, 1.54) is 13.0 Å². The van der Waals surface area contributed by atoms with Gasteiger partial charge in [-0.2, -0.15) is 0 Å². The fourth-order valence-electron chi connectivity index (χ4n) is 4.31.